The first kappa shape index (κ1) is 34.9. The molecule has 0 saturated carbocycles. The number of hydrogen-bond acceptors (Lipinski definition) is 0. The molecule has 0 atom stereocenters. The third kappa shape index (κ3) is 22.5. The molecule has 0 saturated heterocycles. The van der Waals surface area contributed by atoms with Crippen LogP contribution in [0.15, 0.2) is 0 Å². The highest BCUT2D eigenvalue weighted by atomic mass is 127. The second-order valence-corrected chi connectivity index (χ2v) is 10.6. The minimum Gasteiger partial charge on any atom is -1.00 e. The van der Waals surface area contributed by atoms with E-state index in [1.165, 1.54) is 172 Å². The van der Waals surface area contributed by atoms with Crippen molar-refractivity contribution in [3.8, 4) is 0 Å². The van der Waals surface area contributed by atoms with Crippen molar-refractivity contribution in [3.05, 3.63) is 0 Å². The van der Waals surface area contributed by atoms with Crippen molar-refractivity contribution in [1.82, 2.24) is 0 Å². The summed E-state index contributed by atoms with van der Waals surface area (Å²) in [4.78, 5) is 0. The summed E-state index contributed by atoms with van der Waals surface area (Å²) in [5.41, 5.74) is 0. The van der Waals surface area contributed by atoms with Crippen LogP contribution in [0.25, 0.3) is 0 Å². The average molecular weight is 566 g/mol. The Kier molecular flexibility index (Phi) is 30.4. The molecular formula is C30H64IN. The predicted molar refractivity (Wildman–Crippen MR) is 144 cm³/mol. The molecule has 0 aromatic carbocycles. The van der Waals surface area contributed by atoms with Crippen LogP contribution >= 0.6 is 0 Å². The molecule has 0 aromatic heterocycles. The Morgan fingerprint density at radius 2 is 0.469 bits per heavy atom. The van der Waals surface area contributed by atoms with Gasteiger partial charge in [-0.25, -0.2) is 0 Å². The molecule has 2 heteroatoms. The van der Waals surface area contributed by atoms with E-state index in [4.69, 9.17) is 0 Å². The van der Waals surface area contributed by atoms with Crippen LogP contribution in [0.3, 0.4) is 0 Å². The normalized spacial score (nSPS) is 11.6. The Hall–Kier alpha value is 0.690. The third-order valence-corrected chi connectivity index (χ3v) is 7.44. The zero-order chi connectivity index (χ0) is 22.9. The summed E-state index contributed by atoms with van der Waals surface area (Å²) in [6.07, 6.45) is 31.8. The summed E-state index contributed by atoms with van der Waals surface area (Å²) < 4.78 is 1.47. The van der Waals surface area contributed by atoms with Crippen LogP contribution in [-0.2, 0) is 0 Å². The highest BCUT2D eigenvalue weighted by Gasteiger charge is 2.25. The van der Waals surface area contributed by atoms with E-state index in [9.17, 15) is 0 Å². The molecule has 0 amide bonds. The molecule has 0 fully saturated rings. The molecule has 196 valence electrons. The Bertz CT molecular complexity index is 295. The molecule has 0 aliphatic carbocycles. The zero-order valence-corrected chi connectivity index (χ0v) is 25.4. The van der Waals surface area contributed by atoms with Gasteiger partial charge in [0, 0.05) is 0 Å². The van der Waals surface area contributed by atoms with Crippen molar-refractivity contribution in [2.24, 2.45) is 0 Å². The average Bonchev–Trinajstić information content (AvgIpc) is 2.78. The quantitative estimate of drug-likeness (QED) is 0.0580. The van der Waals surface area contributed by atoms with Crippen LogP contribution in [0.4, 0.5) is 0 Å². The molecule has 0 aliphatic heterocycles. The largest absolute Gasteiger partial charge is 1.00 e. The van der Waals surface area contributed by atoms with Crippen LogP contribution in [0.2, 0.25) is 0 Å². The highest BCUT2D eigenvalue weighted by molar-refractivity contribution is 4.54. The van der Waals surface area contributed by atoms with Gasteiger partial charge in [0.25, 0.3) is 0 Å². The Labute approximate surface area is 222 Å². The molecule has 0 N–H and O–H groups in total. The van der Waals surface area contributed by atoms with Crippen LogP contribution in [0.5, 0.6) is 0 Å². The number of halogens is 1. The molecule has 0 bridgehead atoms. The SMILES string of the molecule is CCCCCCCCC[N+](CCCCCCC)(CCCCCCC)CCCCCCC.[I-]. The molecule has 0 unspecified atom stereocenters. The number of unbranched alkanes of at least 4 members (excludes halogenated alkanes) is 18. The zero-order valence-electron chi connectivity index (χ0n) is 23.2. The molecule has 32 heavy (non-hydrogen) atoms. The second kappa shape index (κ2) is 27.9. The minimum absolute atomic E-state index is 0. The number of quaternary nitrogens is 1. The van der Waals surface area contributed by atoms with Crippen molar-refractivity contribution < 1.29 is 28.5 Å². The van der Waals surface area contributed by atoms with Gasteiger partial charge in [-0.1, -0.05) is 118 Å². The van der Waals surface area contributed by atoms with Gasteiger partial charge in [-0.15, -0.1) is 0 Å². The van der Waals surface area contributed by atoms with Crippen molar-refractivity contribution >= 4 is 0 Å². The molecule has 0 spiro atoms. The van der Waals surface area contributed by atoms with Crippen molar-refractivity contribution in [2.75, 3.05) is 26.2 Å². The van der Waals surface area contributed by atoms with Gasteiger partial charge in [-0.05, 0) is 51.4 Å². The van der Waals surface area contributed by atoms with Gasteiger partial charge < -0.3 is 28.5 Å². The molecule has 0 rings (SSSR count). The smallest absolute Gasteiger partial charge is 0.0786 e. The lowest BCUT2D eigenvalue weighted by atomic mass is 10.0. The van der Waals surface area contributed by atoms with E-state index >= 15 is 0 Å². The summed E-state index contributed by atoms with van der Waals surface area (Å²) in [6.45, 7) is 15.2. The van der Waals surface area contributed by atoms with E-state index in [1.807, 2.05) is 0 Å². The molecule has 1 nitrogen and oxygen atoms in total. The summed E-state index contributed by atoms with van der Waals surface area (Å²) in [5.74, 6) is 0. The van der Waals surface area contributed by atoms with Crippen molar-refractivity contribution in [3.63, 3.8) is 0 Å². The monoisotopic (exact) mass is 565 g/mol. The van der Waals surface area contributed by atoms with E-state index in [2.05, 4.69) is 27.7 Å². The van der Waals surface area contributed by atoms with Gasteiger partial charge in [-0.3, -0.25) is 0 Å². The first-order chi connectivity index (χ1) is 15.2. The highest BCUT2D eigenvalue weighted by Crippen LogP contribution is 2.20. The second-order valence-electron chi connectivity index (χ2n) is 10.6. The lowest BCUT2D eigenvalue weighted by Gasteiger charge is -2.40. The molecule has 0 aliphatic rings. The fourth-order valence-corrected chi connectivity index (χ4v) is 5.23. The maximum absolute atomic E-state index is 2.34. The summed E-state index contributed by atoms with van der Waals surface area (Å²) >= 11 is 0. The van der Waals surface area contributed by atoms with E-state index in [0.717, 1.165) is 0 Å². The van der Waals surface area contributed by atoms with Gasteiger partial charge >= 0.3 is 0 Å². The van der Waals surface area contributed by atoms with Crippen LogP contribution in [0.1, 0.15) is 169 Å². The van der Waals surface area contributed by atoms with Crippen LogP contribution in [0, 0.1) is 0 Å². The topological polar surface area (TPSA) is 0 Å². The maximum Gasteiger partial charge on any atom is 0.0786 e. The first-order valence-corrected chi connectivity index (χ1v) is 15.1. The fraction of sp³-hybridized carbons (Fsp3) is 1.00. The fourth-order valence-electron chi connectivity index (χ4n) is 5.23. The minimum atomic E-state index is 0. The number of rotatable bonds is 26. The first-order valence-electron chi connectivity index (χ1n) is 15.1. The molecule has 0 radical (unpaired) electrons. The predicted octanol–water partition coefficient (Wildman–Crippen LogP) is 7.47. The van der Waals surface area contributed by atoms with Crippen molar-refractivity contribution in [2.45, 2.75) is 169 Å². The van der Waals surface area contributed by atoms with E-state index in [1.54, 1.807) is 0 Å². The Morgan fingerprint density at radius 1 is 0.281 bits per heavy atom. The van der Waals surface area contributed by atoms with Gasteiger partial charge in [0.15, 0.2) is 0 Å². The lowest BCUT2D eigenvalue weighted by molar-refractivity contribution is -0.929. The van der Waals surface area contributed by atoms with Gasteiger partial charge in [0.05, 0.1) is 26.2 Å². The molecular weight excluding hydrogens is 501 g/mol. The van der Waals surface area contributed by atoms with E-state index in [-0.39, 0.29) is 24.0 Å². The summed E-state index contributed by atoms with van der Waals surface area (Å²) in [6, 6.07) is 0. The summed E-state index contributed by atoms with van der Waals surface area (Å²) in [7, 11) is 0. The Morgan fingerprint density at radius 3 is 0.688 bits per heavy atom. The van der Waals surface area contributed by atoms with Crippen LogP contribution in [-0.4, -0.2) is 30.7 Å². The number of hydrogen-bond donors (Lipinski definition) is 0. The van der Waals surface area contributed by atoms with Gasteiger partial charge in [0.1, 0.15) is 0 Å². The third-order valence-electron chi connectivity index (χ3n) is 7.44. The van der Waals surface area contributed by atoms with Crippen molar-refractivity contribution in [1.29, 1.82) is 0 Å². The molecule has 0 aromatic rings. The standard InChI is InChI=1S/C30H64N.HI/c1-5-9-13-17-18-22-26-30-31(27-23-19-14-10-6-2,28-24-20-15-11-7-3)29-25-21-16-12-8-4;/h5-30H2,1-4H3;1H/q+1;/p-1. The van der Waals surface area contributed by atoms with E-state index < -0.39 is 0 Å². The number of nitrogens with zero attached hydrogens (tertiary/aromatic N) is 1. The van der Waals surface area contributed by atoms with Gasteiger partial charge in [-0.2, -0.15) is 0 Å². The maximum atomic E-state index is 2.34. The van der Waals surface area contributed by atoms with E-state index in [0.29, 0.717) is 0 Å². The Balaban J connectivity index is 0. The molecule has 0 heterocycles. The lowest BCUT2D eigenvalue weighted by Crippen LogP contribution is -3.00. The van der Waals surface area contributed by atoms with Gasteiger partial charge in [0.2, 0.25) is 0 Å². The van der Waals surface area contributed by atoms with Crippen LogP contribution < -0.4 is 24.0 Å². The summed E-state index contributed by atoms with van der Waals surface area (Å²) in [5, 5.41) is 0.